The fourth-order valence-corrected chi connectivity index (χ4v) is 2.51. The third-order valence-electron chi connectivity index (χ3n) is 3.21. The fourth-order valence-electron chi connectivity index (χ4n) is 2.24. The number of benzene rings is 1. The van der Waals surface area contributed by atoms with Gasteiger partial charge in [0.05, 0.1) is 18.0 Å². The number of hydrogen-bond donors (Lipinski definition) is 1. The summed E-state index contributed by atoms with van der Waals surface area (Å²) in [4.78, 5) is 4.67. The number of halogens is 1. The van der Waals surface area contributed by atoms with Gasteiger partial charge >= 0.3 is 0 Å². The van der Waals surface area contributed by atoms with E-state index in [2.05, 4.69) is 20.9 Å². The first kappa shape index (κ1) is 12.4. The third-order valence-corrected chi connectivity index (χ3v) is 3.74. The molecule has 3 rings (SSSR count). The lowest BCUT2D eigenvalue weighted by molar-refractivity contribution is 0.276. The summed E-state index contributed by atoms with van der Waals surface area (Å²) in [6, 6.07) is 11.9. The monoisotopic (exact) mass is 316 g/mol. The van der Waals surface area contributed by atoms with Crippen LogP contribution >= 0.6 is 15.9 Å². The molecule has 0 spiro atoms. The van der Waals surface area contributed by atoms with Crippen LogP contribution in [0.2, 0.25) is 0 Å². The lowest BCUT2D eigenvalue weighted by Gasteiger charge is -2.02. The summed E-state index contributed by atoms with van der Waals surface area (Å²) >= 11 is 3.42. The Bertz CT molecular complexity index is 732. The molecule has 0 fully saturated rings. The maximum absolute atomic E-state index is 9.64. The molecule has 1 aromatic carbocycles. The molecule has 0 aliphatic heterocycles. The Labute approximate surface area is 119 Å². The Morgan fingerprint density at radius 1 is 1.21 bits per heavy atom. The van der Waals surface area contributed by atoms with E-state index in [4.69, 9.17) is 0 Å². The van der Waals surface area contributed by atoms with Crippen LogP contribution in [0.5, 0.6) is 0 Å². The minimum atomic E-state index is -0.0317. The lowest BCUT2D eigenvalue weighted by Crippen LogP contribution is -1.94. The summed E-state index contributed by atoms with van der Waals surface area (Å²) in [5.41, 5.74) is 4.66. The van der Waals surface area contributed by atoms with Crippen molar-refractivity contribution in [1.82, 2.24) is 9.38 Å². The van der Waals surface area contributed by atoms with Gasteiger partial charge in [-0.2, -0.15) is 0 Å². The molecule has 0 saturated carbocycles. The van der Waals surface area contributed by atoms with Gasteiger partial charge in [0.2, 0.25) is 0 Å². The molecule has 19 heavy (non-hydrogen) atoms. The van der Waals surface area contributed by atoms with Crippen LogP contribution in [-0.2, 0) is 6.61 Å². The molecular formula is C15H13BrN2O. The van der Waals surface area contributed by atoms with Gasteiger partial charge in [-0.3, -0.25) is 0 Å². The van der Waals surface area contributed by atoms with Crippen molar-refractivity contribution in [3.63, 3.8) is 0 Å². The van der Waals surface area contributed by atoms with Gasteiger partial charge in [0.25, 0.3) is 0 Å². The molecule has 3 aromatic rings. The average molecular weight is 317 g/mol. The van der Waals surface area contributed by atoms with Crippen molar-refractivity contribution in [3.05, 3.63) is 58.3 Å². The Morgan fingerprint density at radius 2 is 1.95 bits per heavy atom. The van der Waals surface area contributed by atoms with E-state index in [1.807, 2.05) is 53.9 Å². The summed E-state index contributed by atoms with van der Waals surface area (Å²) < 4.78 is 2.98. The van der Waals surface area contributed by atoms with Gasteiger partial charge < -0.3 is 9.51 Å². The first-order valence-corrected chi connectivity index (χ1v) is 6.83. The van der Waals surface area contributed by atoms with Crippen LogP contribution in [0.25, 0.3) is 16.9 Å². The zero-order valence-electron chi connectivity index (χ0n) is 10.5. The molecular weight excluding hydrogens is 304 g/mol. The van der Waals surface area contributed by atoms with Gasteiger partial charge in [-0.1, -0.05) is 34.1 Å². The second kappa shape index (κ2) is 4.79. The first-order chi connectivity index (χ1) is 9.20. The Morgan fingerprint density at radius 3 is 2.63 bits per heavy atom. The van der Waals surface area contributed by atoms with Crippen molar-refractivity contribution < 1.29 is 5.11 Å². The molecule has 0 amide bonds. The third kappa shape index (κ3) is 2.07. The molecule has 0 aliphatic carbocycles. The summed E-state index contributed by atoms with van der Waals surface area (Å²) in [7, 11) is 0. The van der Waals surface area contributed by atoms with Crippen molar-refractivity contribution >= 4 is 21.6 Å². The van der Waals surface area contributed by atoms with E-state index in [1.165, 1.54) is 0 Å². The highest BCUT2D eigenvalue weighted by Crippen LogP contribution is 2.26. The summed E-state index contributed by atoms with van der Waals surface area (Å²) in [6.07, 6.45) is 1.93. The van der Waals surface area contributed by atoms with E-state index in [9.17, 15) is 5.11 Å². The van der Waals surface area contributed by atoms with Crippen molar-refractivity contribution in [3.8, 4) is 11.3 Å². The lowest BCUT2D eigenvalue weighted by atomic mass is 10.1. The molecule has 2 aromatic heterocycles. The molecule has 0 unspecified atom stereocenters. The van der Waals surface area contributed by atoms with Gasteiger partial charge in [-0.25, -0.2) is 4.98 Å². The molecule has 4 heteroatoms. The number of imidazole rings is 1. The van der Waals surface area contributed by atoms with Crippen LogP contribution in [0.1, 0.15) is 11.3 Å². The average Bonchev–Trinajstić information content (AvgIpc) is 2.79. The Hall–Kier alpha value is -1.65. The van der Waals surface area contributed by atoms with Crippen LogP contribution < -0.4 is 0 Å². The normalized spacial score (nSPS) is 11.1. The van der Waals surface area contributed by atoms with Gasteiger partial charge in [-0.15, -0.1) is 0 Å². The summed E-state index contributed by atoms with van der Waals surface area (Å²) in [5, 5.41) is 9.64. The van der Waals surface area contributed by atoms with Crippen LogP contribution in [0.4, 0.5) is 0 Å². The van der Waals surface area contributed by atoms with Crippen LogP contribution in [0.15, 0.2) is 47.1 Å². The molecule has 96 valence electrons. The number of rotatable bonds is 2. The zero-order valence-corrected chi connectivity index (χ0v) is 12.1. The van der Waals surface area contributed by atoms with E-state index in [1.54, 1.807) is 0 Å². The number of nitrogens with zero attached hydrogens (tertiary/aromatic N) is 2. The van der Waals surface area contributed by atoms with E-state index in [0.29, 0.717) is 0 Å². The Balaban J connectivity index is 2.29. The largest absolute Gasteiger partial charge is 0.390 e. The van der Waals surface area contributed by atoms with Crippen molar-refractivity contribution in [2.24, 2.45) is 0 Å². The second-order valence-electron chi connectivity index (χ2n) is 4.46. The maximum Gasteiger partial charge on any atom is 0.140 e. The van der Waals surface area contributed by atoms with E-state index in [0.717, 1.165) is 32.6 Å². The predicted octanol–water partition coefficient (Wildman–Crippen LogP) is 3.56. The molecule has 0 saturated heterocycles. The molecule has 0 bridgehead atoms. The second-order valence-corrected chi connectivity index (χ2v) is 5.37. The molecule has 0 radical (unpaired) electrons. The van der Waals surface area contributed by atoms with Gasteiger partial charge in [0.15, 0.2) is 0 Å². The number of aliphatic hydroxyl groups is 1. The van der Waals surface area contributed by atoms with Gasteiger partial charge in [0, 0.05) is 16.2 Å². The minimum Gasteiger partial charge on any atom is -0.390 e. The standard InChI is InChI=1S/C15H13BrN2O/c1-10-3-2-8-18-13(9-19)14(17-15(10)18)11-4-6-12(16)7-5-11/h2-8,19H,9H2,1H3. The van der Waals surface area contributed by atoms with Crippen LogP contribution in [0, 0.1) is 6.92 Å². The van der Waals surface area contributed by atoms with E-state index >= 15 is 0 Å². The summed E-state index contributed by atoms with van der Waals surface area (Å²) in [5.74, 6) is 0. The molecule has 0 aliphatic rings. The first-order valence-electron chi connectivity index (χ1n) is 6.04. The smallest absolute Gasteiger partial charge is 0.140 e. The van der Waals surface area contributed by atoms with Crippen LogP contribution in [0.3, 0.4) is 0 Å². The number of pyridine rings is 1. The number of hydrogen-bond acceptors (Lipinski definition) is 2. The maximum atomic E-state index is 9.64. The van der Waals surface area contributed by atoms with Crippen molar-refractivity contribution in [2.75, 3.05) is 0 Å². The Kier molecular flexibility index (Phi) is 3.12. The number of aromatic nitrogens is 2. The SMILES string of the molecule is Cc1cccn2c(CO)c(-c3ccc(Br)cc3)nc12. The highest BCUT2D eigenvalue weighted by atomic mass is 79.9. The minimum absolute atomic E-state index is 0.0317. The van der Waals surface area contributed by atoms with Crippen molar-refractivity contribution in [2.45, 2.75) is 13.5 Å². The number of aryl methyl sites for hydroxylation is 1. The van der Waals surface area contributed by atoms with Crippen LogP contribution in [-0.4, -0.2) is 14.5 Å². The van der Waals surface area contributed by atoms with Gasteiger partial charge in [0.1, 0.15) is 5.65 Å². The number of fused-ring (bicyclic) bond motifs is 1. The zero-order chi connectivity index (χ0) is 13.4. The summed E-state index contributed by atoms with van der Waals surface area (Å²) in [6.45, 7) is 1.99. The van der Waals surface area contributed by atoms with E-state index in [-0.39, 0.29) is 6.61 Å². The fraction of sp³-hybridized carbons (Fsp3) is 0.133. The predicted molar refractivity (Wildman–Crippen MR) is 79.0 cm³/mol. The van der Waals surface area contributed by atoms with E-state index < -0.39 is 0 Å². The molecule has 0 atom stereocenters. The van der Waals surface area contributed by atoms with Gasteiger partial charge in [-0.05, 0) is 30.7 Å². The van der Waals surface area contributed by atoms with Crippen molar-refractivity contribution in [1.29, 1.82) is 0 Å². The molecule has 1 N–H and O–H groups in total. The highest BCUT2D eigenvalue weighted by molar-refractivity contribution is 9.10. The quantitative estimate of drug-likeness (QED) is 0.785. The highest BCUT2D eigenvalue weighted by Gasteiger charge is 2.13. The molecule has 2 heterocycles. The number of aliphatic hydroxyl groups excluding tert-OH is 1. The molecule has 3 nitrogen and oxygen atoms in total. The topological polar surface area (TPSA) is 37.5 Å².